The van der Waals surface area contributed by atoms with Gasteiger partial charge in [0.1, 0.15) is 5.35 Å². The number of aromatic amines is 1. The van der Waals surface area contributed by atoms with E-state index in [2.05, 4.69) is 4.98 Å². The van der Waals surface area contributed by atoms with Crippen LogP contribution in [0.3, 0.4) is 0 Å². The molecule has 0 amide bonds. The number of rotatable bonds is 0. The first-order chi connectivity index (χ1) is 9.75. The van der Waals surface area contributed by atoms with Crippen LogP contribution < -0.4 is 10.9 Å². The lowest BCUT2D eigenvalue weighted by Gasteiger charge is -2.02. The SMILES string of the molecule is O=c1c2[nH]c3ccccc3oc=2c2ccccc2c1=O. The summed E-state index contributed by atoms with van der Waals surface area (Å²) < 4.78 is 5.83. The average molecular weight is 263 g/mol. The molecule has 0 bridgehead atoms. The lowest BCUT2D eigenvalue weighted by Crippen LogP contribution is -2.26. The third-order valence-corrected chi connectivity index (χ3v) is 3.44. The van der Waals surface area contributed by atoms with E-state index in [9.17, 15) is 9.59 Å². The molecule has 1 aliphatic carbocycles. The van der Waals surface area contributed by atoms with Crippen molar-refractivity contribution in [2.45, 2.75) is 0 Å². The fourth-order valence-corrected chi connectivity index (χ4v) is 2.48. The monoisotopic (exact) mass is 263 g/mol. The maximum absolute atomic E-state index is 12.2. The van der Waals surface area contributed by atoms with Gasteiger partial charge >= 0.3 is 0 Å². The number of H-pyrrole nitrogens is 1. The first-order valence-corrected chi connectivity index (χ1v) is 6.22. The molecule has 1 N–H and O–H groups in total. The van der Waals surface area contributed by atoms with Crippen LogP contribution in [-0.4, -0.2) is 4.98 Å². The summed E-state index contributed by atoms with van der Waals surface area (Å²) in [4.78, 5) is 27.3. The third kappa shape index (κ3) is 1.36. The molecule has 2 aliphatic rings. The van der Waals surface area contributed by atoms with Crippen LogP contribution in [-0.2, 0) is 0 Å². The average Bonchev–Trinajstić information content (AvgIpc) is 2.51. The van der Waals surface area contributed by atoms with Crippen molar-refractivity contribution in [1.29, 1.82) is 0 Å². The number of nitrogens with one attached hydrogen (secondary N) is 1. The molecule has 0 radical (unpaired) electrons. The van der Waals surface area contributed by atoms with Gasteiger partial charge in [0, 0.05) is 10.8 Å². The molecule has 0 spiro atoms. The summed E-state index contributed by atoms with van der Waals surface area (Å²) in [5.74, 6) is 0. The molecule has 0 aromatic heterocycles. The topological polar surface area (TPSA) is 63.1 Å². The van der Waals surface area contributed by atoms with Gasteiger partial charge in [0.25, 0.3) is 5.43 Å². The summed E-state index contributed by atoms with van der Waals surface area (Å²) in [6.45, 7) is 0. The predicted octanol–water partition coefficient (Wildman–Crippen LogP) is 2.36. The molecule has 0 saturated heterocycles. The van der Waals surface area contributed by atoms with Gasteiger partial charge in [0.2, 0.25) is 5.43 Å². The minimum atomic E-state index is -0.562. The summed E-state index contributed by atoms with van der Waals surface area (Å²) in [5.41, 5.74) is 0.682. The molecule has 1 heterocycles. The van der Waals surface area contributed by atoms with Gasteiger partial charge in [-0.25, -0.2) is 0 Å². The molecule has 2 aromatic carbocycles. The van der Waals surface area contributed by atoms with E-state index in [1.165, 1.54) is 0 Å². The zero-order chi connectivity index (χ0) is 13.7. The number of hydrogen-bond donors (Lipinski definition) is 1. The molecule has 1 aliphatic heterocycles. The zero-order valence-corrected chi connectivity index (χ0v) is 10.3. The van der Waals surface area contributed by atoms with Crippen LogP contribution >= 0.6 is 0 Å². The Labute approximate surface area is 111 Å². The number of aromatic nitrogens is 1. The Balaban J connectivity index is 2.47. The van der Waals surface area contributed by atoms with Crippen LogP contribution in [0.4, 0.5) is 0 Å². The van der Waals surface area contributed by atoms with Crippen LogP contribution in [0.25, 0.3) is 21.9 Å². The Hall–Kier alpha value is -2.88. The molecular weight excluding hydrogens is 254 g/mol. The van der Waals surface area contributed by atoms with Gasteiger partial charge in [-0.1, -0.05) is 36.4 Å². The van der Waals surface area contributed by atoms with E-state index in [1.807, 2.05) is 24.3 Å². The molecular formula is C16H9NO3. The molecule has 0 atom stereocenters. The normalized spacial score (nSPS) is 11.4. The molecule has 2 aromatic rings. The van der Waals surface area contributed by atoms with Crippen molar-refractivity contribution in [3.05, 3.63) is 79.7 Å². The van der Waals surface area contributed by atoms with Crippen LogP contribution in [0.2, 0.25) is 0 Å². The van der Waals surface area contributed by atoms with Gasteiger partial charge in [-0.05, 0) is 12.1 Å². The minimum Gasteiger partial charge on any atom is -0.452 e. The van der Waals surface area contributed by atoms with E-state index < -0.39 is 10.9 Å². The first kappa shape index (κ1) is 11.0. The second-order valence-corrected chi connectivity index (χ2v) is 4.63. The maximum Gasteiger partial charge on any atom is 0.253 e. The van der Waals surface area contributed by atoms with Crippen molar-refractivity contribution in [3.8, 4) is 0 Å². The van der Waals surface area contributed by atoms with E-state index >= 15 is 0 Å². The summed E-state index contributed by atoms with van der Waals surface area (Å²) in [7, 11) is 0. The number of fused-ring (bicyclic) bond motifs is 3. The Bertz CT molecular complexity index is 1140. The molecule has 96 valence electrons. The van der Waals surface area contributed by atoms with Gasteiger partial charge < -0.3 is 9.40 Å². The van der Waals surface area contributed by atoms with E-state index in [4.69, 9.17) is 4.42 Å². The minimum absolute atomic E-state index is 0.215. The van der Waals surface area contributed by atoms with E-state index in [-0.39, 0.29) is 5.35 Å². The summed E-state index contributed by atoms with van der Waals surface area (Å²) in [5, 5.41) is 1.25. The maximum atomic E-state index is 12.2. The highest BCUT2D eigenvalue weighted by Gasteiger charge is 2.10. The highest BCUT2D eigenvalue weighted by atomic mass is 16.3. The summed E-state index contributed by atoms with van der Waals surface area (Å²) in [6.07, 6.45) is 0. The van der Waals surface area contributed by atoms with E-state index in [0.29, 0.717) is 27.3 Å². The quantitative estimate of drug-likeness (QED) is 0.495. The van der Waals surface area contributed by atoms with Gasteiger partial charge in [-0.3, -0.25) is 9.59 Å². The number of para-hydroxylation sites is 2. The van der Waals surface area contributed by atoms with Crippen molar-refractivity contribution in [2.75, 3.05) is 0 Å². The number of hydrogen-bond acceptors (Lipinski definition) is 3. The number of benzene rings is 2. The highest BCUT2D eigenvalue weighted by molar-refractivity contribution is 5.82. The van der Waals surface area contributed by atoms with E-state index in [0.717, 1.165) is 0 Å². The van der Waals surface area contributed by atoms with Crippen LogP contribution in [0.5, 0.6) is 0 Å². The summed E-state index contributed by atoms with van der Waals surface area (Å²) >= 11 is 0. The molecule has 20 heavy (non-hydrogen) atoms. The Kier molecular flexibility index (Phi) is 2.09. The van der Waals surface area contributed by atoms with Crippen LogP contribution in [0.15, 0.2) is 62.5 Å². The molecule has 4 rings (SSSR count). The summed E-state index contributed by atoms with van der Waals surface area (Å²) in [6, 6.07) is 14.3. The lowest BCUT2D eigenvalue weighted by molar-refractivity contribution is 0.568. The Morgan fingerprint density at radius 3 is 2.35 bits per heavy atom. The van der Waals surface area contributed by atoms with Crippen LogP contribution in [0.1, 0.15) is 0 Å². The molecule has 0 fully saturated rings. The van der Waals surface area contributed by atoms with Crippen LogP contribution in [0, 0.1) is 10.8 Å². The van der Waals surface area contributed by atoms with Crippen molar-refractivity contribution in [1.82, 2.24) is 4.98 Å². The fraction of sp³-hybridized carbons (Fsp3) is 0. The molecule has 4 heteroatoms. The standard InChI is InChI=1S/C16H9NO3/c18-14-9-5-1-2-6-10(9)16-13(15(14)19)17-11-7-3-4-8-12(11)20-16/h1-8,17H. The second-order valence-electron chi connectivity index (χ2n) is 4.63. The molecule has 0 saturated carbocycles. The highest BCUT2D eigenvalue weighted by Crippen LogP contribution is 2.16. The lowest BCUT2D eigenvalue weighted by atomic mass is 10.1. The largest absolute Gasteiger partial charge is 0.452 e. The van der Waals surface area contributed by atoms with Crippen molar-refractivity contribution in [2.24, 2.45) is 0 Å². The molecule has 4 nitrogen and oxygen atoms in total. The van der Waals surface area contributed by atoms with Crippen molar-refractivity contribution in [3.63, 3.8) is 0 Å². The smallest absolute Gasteiger partial charge is 0.253 e. The Morgan fingerprint density at radius 1 is 0.800 bits per heavy atom. The third-order valence-electron chi connectivity index (χ3n) is 3.44. The van der Waals surface area contributed by atoms with Gasteiger partial charge in [-0.15, -0.1) is 0 Å². The van der Waals surface area contributed by atoms with Gasteiger partial charge in [0.05, 0.1) is 5.52 Å². The van der Waals surface area contributed by atoms with Crippen molar-refractivity contribution < 1.29 is 4.42 Å². The Morgan fingerprint density at radius 2 is 1.50 bits per heavy atom. The van der Waals surface area contributed by atoms with E-state index in [1.54, 1.807) is 24.3 Å². The predicted molar refractivity (Wildman–Crippen MR) is 75.9 cm³/mol. The van der Waals surface area contributed by atoms with Gasteiger partial charge in [-0.2, -0.15) is 0 Å². The zero-order valence-electron chi connectivity index (χ0n) is 10.3. The van der Waals surface area contributed by atoms with Gasteiger partial charge in [0.15, 0.2) is 11.0 Å². The second kappa shape index (κ2) is 3.81. The first-order valence-electron chi connectivity index (χ1n) is 6.22. The van der Waals surface area contributed by atoms with Crippen molar-refractivity contribution >= 4 is 21.9 Å². The molecule has 0 unspecified atom stereocenters. The fourth-order valence-electron chi connectivity index (χ4n) is 2.48.